The third-order valence-electron chi connectivity index (χ3n) is 4.60. The summed E-state index contributed by atoms with van der Waals surface area (Å²) in [7, 11) is 0. The molecule has 0 radical (unpaired) electrons. The lowest BCUT2D eigenvalue weighted by Crippen LogP contribution is -2.43. The van der Waals surface area contributed by atoms with Crippen molar-refractivity contribution in [2.24, 2.45) is 5.92 Å². The van der Waals surface area contributed by atoms with E-state index < -0.39 is 27.7 Å². The van der Waals surface area contributed by atoms with Gasteiger partial charge in [0, 0.05) is 25.4 Å². The second-order valence-corrected chi connectivity index (χ2v) is 7.20. The van der Waals surface area contributed by atoms with Crippen LogP contribution in [0.4, 0.5) is 0 Å². The van der Waals surface area contributed by atoms with Crippen LogP contribution in [0.3, 0.4) is 0 Å². The van der Waals surface area contributed by atoms with E-state index in [1.54, 1.807) is 4.90 Å². The molecule has 2 unspecified atom stereocenters. The maximum Gasteiger partial charge on any atom is 0.300 e. The number of Topliss-reactive ketones (excluding diaryl/α,β-unsaturated/α-hetero) is 2. The van der Waals surface area contributed by atoms with Crippen molar-refractivity contribution < 1.29 is 24.0 Å². The summed E-state index contributed by atoms with van der Waals surface area (Å²) in [6.07, 6.45) is 2.52. The van der Waals surface area contributed by atoms with Crippen molar-refractivity contribution in [1.29, 1.82) is 0 Å². The largest absolute Gasteiger partial charge is 0.378 e. The van der Waals surface area contributed by atoms with Crippen molar-refractivity contribution in [2.75, 3.05) is 26.3 Å². The minimum absolute atomic E-state index is 0.0271. The van der Waals surface area contributed by atoms with Gasteiger partial charge in [0.15, 0.2) is 11.6 Å². The maximum absolute atomic E-state index is 13.0. The molecule has 1 aliphatic carbocycles. The Labute approximate surface area is 151 Å². The van der Waals surface area contributed by atoms with Gasteiger partial charge in [-0.05, 0) is 17.8 Å². The van der Waals surface area contributed by atoms with Crippen molar-refractivity contribution in [1.82, 2.24) is 9.88 Å². The number of ether oxygens (including phenoxy) is 1. The third kappa shape index (κ3) is 2.53. The molecular formula is C16H13N3O6S. The summed E-state index contributed by atoms with van der Waals surface area (Å²) < 4.78 is 5.23. The van der Waals surface area contributed by atoms with Crippen LogP contribution in [-0.2, 0) is 4.74 Å². The Bertz CT molecular complexity index is 877. The number of morpholine rings is 1. The highest BCUT2D eigenvalue weighted by Gasteiger charge is 2.50. The lowest BCUT2D eigenvalue weighted by atomic mass is 9.82. The quantitative estimate of drug-likeness (QED) is 0.549. The molecule has 26 heavy (non-hydrogen) atoms. The van der Waals surface area contributed by atoms with Gasteiger partial charge in [0.2, 0.25) is 0 Å². The van der Waals surface area contributed by atoms with Crippen LogP contribution in [0.25, 0.3) is 0 Å². The van der Waals surface area contributed by atoms with Crippen molar-refractivity contribution in [3.63, 3.8) is 0 Å². The van der Waals surface area contributed by atoms with E-state index in [0.29, 0.717) is 26.3 Å². The molecule has 3 aliphatic rings. The summed E-state index contributed by atoms with van der Waals surface area (Å²) in [5, 5.41) is 9.87. The number of allylic oxidation sites excluding steroid dienone is 1. The zero-order chi connectivity index (χ0) is 18.4. The van der Waals surface area contributed by atoms with Gasteiger partial charge >= 0.3 is 5.03 Å². The van der Waals surface area contributed by atoms with Gasteiger partial charge in [0.05, 0.1) is 40.4 Å². The van der Waals surface area contributed by atoms with E-state index in [0.717, 1.165) is 11.8 Å². The smallest absolute Gasteiger partial charge is 0.300 e. The number of thioether (sulfide) groups is 1. The Morgan fingerprint density at radius 3 is 2.73 bits per heavy atom. The molecule has 4 rings (SSSR count). The van der Waals surface area contributed by atoms with Gasteiger partial charge in [-0.25, -0.2) is 0 Å². The topological polar surface area (TPSA) is 120 Å². The Kier molecular flexibility index (Phi) is 4.08. The molecule has 3 heterocycles. The van der Waals surface area contributed by atoms with Crippen LogP contribution in [0.5, 0.6) is 0 Å². The van der Waals surface area contributed by atoms with E-state index in [1.165, 1.54) is 18.3 Å². The van der Waals surface area contributed by atoms with E-state index in [4.69, 9.17) is 4.74 Å². The number of hydrogen-bond donors (Lipinski definition) is 0. The van der Waals surface area contributed by atoms with Crippen LogP contribution in [0.2, 0.25) is 0 Å². The van der Waals surface area contributed by atoms with Gasteiger partial charge < -0.3 is 9.64 Å². The molecule has 0 saturated carbocycles. The van der Waals surface area contributed by atoms with Crippen LogP contribution >= 0.6 is 11.8 Å². The number of rotatable bonds is 2. The van der Waals surface area contributed by atoms with Gasteiger partial charge in [0.25, 0.3) is 5.91 Å². The highest BCUT2D eigenvalue weighted by atomic mass is 32.2. The first kappa shape index (κ1) is 16.9. The molecule has 1 aromatic rings. The number of carbonyl (C=O) groups is 3. The summed E-state index contributed by atoms with van der Waals surface area (Å²) >= 11 is 0.753. The van der Waals surface area contributed by atoms with Crippen LogP contribution < -0.4 is 0 Å². The molecule has 1 amide bonds. The summed E-state index contributed by atoms with van der Waals surface area (Å²) in [5.74, 6) is -2.21. The van der Waals surface area contributed by atoms with E-state index in [1.807, 2.05) is 0 Å². The highest BCUT2D eigenvalue weighted by molar-refractivity contribution is 8.04. The normalized spacial score (nSPS) is 24.8. The molecule has 10 heteroatoms. The fourth-order valence-corrected chi connectivity index (χ4v) is 4.48. The van der Waals surface area contributed by atoms with E-state index in [9.17, 15) is 24.5 Å². The number of amides is 1. The van der Waals surface area contributed by atoms with E-state index >= 15 is 0 Å². The van der Waals surface area contributed by atoms with Crippen LogP contribution in [-0.4, -0.2) is 63.8 Å². The van der Waals surface area contributed by atoms with Crippen molar-refractivity contribution in [3.8, 4) is 0 Å². The summed E-state index contributed by atoms with van der Waals surface area (Å²) in [5.41, 5.74) is 0.00130. The van der Waals surface area contributed by atoms with Crippen LogP contribution in [0.1, 0.15) is 31.2 Å². The number of hydrogen-bond acceptors (Lipinski definition) is 8. The first-order valence-electron chi connectivity index (χ1n) is 7.96. The number of aromatic nitrogens is 1. The maximum atomic E-state index is 13.0. The zero-order valence-electron chi connectivity index (χ0n) is 13.4. The molecular weight excluding hydrogens is 362 g/mol. The van der Waals surface area contributed by atoms with Gasteiger partial charge in [-0.1, -0.05) is 0 Å². The molecule has 0 bridgehead atoms. The Balaban J connectivity index is 1.75. The average molecular weight is 375 g/mol. The minimum Gasteiger partial charge on any atom is -0.378 e. The second kappa shape index (κ2) is 6.29. The number of nitrogens with zero attached hydrogens (tertiary/aromatic N) is 3. The number of fused-ring (bicyclic) bond motifs is 2. The van der Waals surface area contributed by atoms with E-state index in [-0.39, 0.29) is 27.8 Å². The Morgan fingerprint density at radius 1 is 1.31 bits per heavy atom. The van der Waals surface area contributed by atoms with Crippen molar-refractivity contribution in [2.45, 2.75) is 5.25 Å². The molecule has 134 valence electrons. The van der Waals surface area contributed by atoms with Crippen molar-refractivity contribution in [3.05, 3.63) is 50.3 Å². The predicted octanol–water partition coefficient (Wildman–Crippen LogP) is 0.783. The average Bonchev–Trinajstić information content (AvgIpc) is 3.12. The number of pyridine rings is 1. The van der Waals surface area contributed by atoms with Gasteiger partial charge in [-0.15, -0.1) is 0 Å². The summed E-state index contributed by atoms with van der Waals surface area (Å²) in [6, 6.07) is 1.42. The fraction of sp³-hybridized carbons (Fsp3) is 0.375. The number of nitro groups is 1. The molecule has 9 nitrogen and oxygen atoms in total. The summed E-state index contributed by atoms with van der Waals surface area (Å²) in [4.78, 5) is 54.5. The van der Waals surface area contributed by atoms with E-state index in [2.05, 4.69) is 4.98 Å². The second-order valence-electron chi connectivity index (χ2n) is 6.04. The Morgan fingerprint density at radius 2 is 2.04 bits per heavy atom. The first-order chi connectivity index (χ1) is 12.5. The number of ketones is 2. The standard InChI is InChI=1S/C16H13N3O6S/c20-13-9-7-10(19(23)24)26-15(9)14(21)11-8(1-2-17-12(11)13)16(22)18-3-5-25-6-4-18/h1-2,7,9,15H,3-6H2. The zero-order valence-corrected chi connectivity index (χ0v) is 14.2. The molecule has 2 atom stereocenters. The van der Waals surface area contributed by atoms with Crippen molar-refractivity contribution >= 4 is 29.2 Å². The lowest BCUT2D eigenvalue weighted by Gasteiger charge is -2.29. The third-order valence-corrected chi connectivity index (χ3v) is 5.88. The Hall–Kier alpha value is -2.59. The molecule has 0 aromatic carbocycles. The monoisotopic (exact) mass is 375 g/mol. The minimum atomic E-state index is -0.921. The van der Waals surface area contributed by atoms with Crippen LogP contribution in [0.15, 0.2) is 23.4 Å². The van der Waals surface area contributed by atoms with Gasteiger partial charge in [0.1, 0.15) is 5.69 Å². The van der Waals surface area contributed by atoms with Gasteiger partial charge in [-0.3, -0.25) is 29.5 Å². The molecule has 2 aliphatic heterocycles. The number of carbonyl (C=O) groups excluding carboxylic acids is 3. The molecule has 0 spiro atoms. The molecule has 0 N–H and O–H groups in total. The molecule has 1 saturated heterocycles. The SMILES string of the molecule is O=C1c2nccc(C(=O)N3CCOCC3)c2C(=O)C2SC([N+](=O)[O-])=CC12. The highest BCUT2D eigenvalue weighted by Crippen LogP contribution is 2.43. The molecule has 1 fully saturated rings. The fourth-order valence-electron chi connectivity index (χ4n) is 3.33. The molecule has 1 aromatic heterocycles. The first-order valence-corrected chi connectivity index (χ1v) is 8.84. The van der Waals surface area contributed by atoms with Gasteiger partial charge in [-0.2, -0.15) is 0 Å². The summed E-state index contributed by atoms with van der Waals surface area (Å²) in [6.45, 7) is 1.60. The lowest BCUT2D eigenvalue weighted by molar-refractivity contribution is -0.410. The predicted molar refractivity (Wildman–Crippen MR) is 89.6 cm³/mol. The van der Waals surface area contributed by atoms with Crippen LogP contribution in [0, 0.1) is 16.0 Å².